The van der Waals surface area contributed by atoms with Gasteiger partial charge in [0.05, 0.1) is 12.1 Å². The molecule has 0 radical (unpaired) electrons. The maximum Gasteiger partial charge on any atom is 0.253 e. The molecular formula is C18H21FN4O4. The zero-order chi connectivity index (χ0) is 19.6. The van der Waals surface area contributed by atoms with Crippen molar-refractivity contribution < 1.29 is 23.6 Å². The number of benzene rings is 1. The molecule has 3 rings (SSSR count). The molecule has 4 amide bonds. The van der Waals surface area contributed by atoms with E-state index in [1.54, 1.807) is 4.90 Å². The first-order valence-corrected chi connectivity index (χ1v) is 8.80. The van der Waals surface area contributed by atoms with Gasteiger partial charge in [-0.15, -0.1) is 0 Å². The first kappa shape index (κ1) is 19.0. The van der Waals surface area contributed by atoms with Gasteiger partial charge >= 0.3 is 0 Å². The average molecular weight is 376 g/mol. The maximum atomic E-state index is 13.0. The highest BCUT2D eigenvalue weighted by Gasteiger charge is 2.40. The number of nitrogens with one attached hydrogen (secondary N) is 2. The Morgan fingerprint density at radius 2 is 1.74 bits per heavy atom. The summed E-state index contributed by atoms with van der Waals surface area (Å²) in [5, 5.41) is 0. The van der Waals surface area contributed by atoms with Crippen LogP contribution in [0.15, 0.2) is 24.3 Å². The van der Waals surface area contributed by atoms with Gasteiger partial charge in [-0.05, 0) is 37.1 Å². The number of piperidine rings is 1. The molecule has 0 spiro atoms. The number of anilines is 1. The quantitative estimate of drug-likeness (QED) is 0.583. The van der Waals surface area contributed by atoms with Gasteiger partial charge in [0.2, 0.25) is 17.7 Å². The zero-order valence-corrected chi connectivity index (χ0v) is 14.9. The number of rotatable bonds is 4. The third kappa shape index (κ3) is 4.13. The Kier molecular flexibility index (Phi) is 5.50. The van der Waals surface area contributed by atoms with E-state index in [0.717, 1.165) is 4.90 Å². The number of hydrazine groups is 1. The van der Waals surface area contributed by atoms with Crippen molar-refractivity contribution in [2.75, 3.05) is 18.0 Å². The van der Waals surface area contributed by atoms with Crippen molar-refractivity contribution in [1.29, 1.82) is 0 Å². The molecule has 0 aliphatic carbocycles. The summed E-state index contributed by atoms with van der Waals surface area (Å²) in [5.41, 5.74) is 5.45. The van der Waals surface area contributed by atoms with E-state index in [4.69, 9.17) is 0 Å². The molecule has 2 fully saturated rings. The summed E-state index contributed by atoms with van der Waals surface area (Å²) in [4.78, 5) is 50.9. The number of nitrogens with zero attached hydrogens (tertiary/aromatic N) is 2. The monoisotopic (exact) mass is 376 g/mol. The summed E-state index contributed by atoms with van der Waals surface area (Å²) >= 11 is 0. The minimum Gasteiger partial charge on any atom is -0.343 e. The van der Waals surface area contributed by atoms with Crippen molar-refractivity contribution in [1.82, 2.24) is 15.8 Å². The molecule has 27 heavy (non-hydrogen) atoms. The van der Waals surface area contributed by atoms with Crippen LogP contribution in [0.5, 0.6) is 0 Å². The molecule has 2 aliphatic rings. The fourth-order valence-electron chi connectivity index (χ4n) is 3.32. The van der Waals surface area contributed by atoms with E-state index in [2.05, 4.69) is 10.9 Å². The van der Waals surface area contributed by atoms with Gasteiger partial charge < -0.3 is 4.90 Å². The van der Waals surface area contributed by atoms with Crippen molar-refractivity contribution in [2.24, 2.45) is 5.92 Å². The van der Waals surface area contributed by atoms with Crippen LogP contribution < -0.4 is 15.8 Å². The van der Waals surface area contributed by atoms with Crippen LogP contribution in [0.2, 0.25) is 0 Å². The maximum absolute atomic E-state index is 13.0. The van der Waals surface area contributed by atoms with E-state index < -0.39 is 23.7 Å². The van der Waals surface area contributed by atoms with Crippen LogP contribution in [0.3, 0.4) is 0 Å². The summed E-state index contributed by atoms with van der Waals surface area (Å²) in [5.74, 6) is -1.92. The molecule has 2 saturated heterocycles. The largest absolute Gasteiger partial charge is 0.343 e. The van der Waals surface area contributed by atoms with Gasteiger partial charge in [-0.1, -0.05) is 0 Å². The van der Waals surface area contributed by atoms with E-state index in [1.807, 2.05) is 0 Å². The molecule has 2 aliphatic heterocycles. The highest BCUT2D eigenvalue weighted by atomic mass is 19.1. The van der Waals surface area contributed by atoms with Crippen LogP contribution in [0.1, 0.15) is 26.2 Å². The lowest BCUT2D eigenvalue weighted by Crippen LogP contribution is -2.51. The number of amides is 4. The van der Waals surface area contributed by atoms with E-state index >= 15 is 0 Å². The van der Waals surface area contributed by atoms with E-state index in [0.29, 0.717) is 31.6 Å². The normalized spacial score (nSPS) is 20.9. The topological polar surface area (TPSA) is 98.8 Å². The SMILES string of the molecule is CC(=O)N1CCC(C(=O)NNC2CC(=O)N(c3ccc(F)cc3)C2=O)CC1. The predicted octanol–water partition coefficient (Wildman–Crippen LogP) is 0.337. The second-order valence-corrected chi connectivity index (χ2v) is 6.71. The number of halogens is 1. The number of hydrogen-bond donors (Lipinski definition) is 2. The number of imide groups is 1. The Bertz CT molecular complexity index is 759. The third-order valence-electron chi connectivity index (χ3n) is 4.91. The van der Waals surface area contributed by atoms with Gasteiger partial charge in [-0.3, -0.25) is 24.6 Å². The lowest BCUT2D eigenvalue weighted by molar-refractivity contribution is -0.134. The van der Waals surface area contributed by atoms with E-state index in [9.17, 15) is 23.6 Å². The van der Waals surface area contributed by atoms with Crippen LogP contribution in [0.25, 0.3) is 0 Å². The van der Waals surface area contributed by atoms with Crippen molar-refractivity contribution in [3.63, 3.8) is 0 Å². The zero-order valence-electron chi connectivity index (χ0n) is 14.9. The van der Waals surface area contributed by atoms with Crippen LogP contribution >= 0.6 is 0 Å². The summed E-state index contributed by atoms with van der Waals surface area (Å²) in [6.07, 6.45) is 0.998. The molecule has 0 aromatic heterocycles. The standard InChI is InChI=1S/C18H21FN4O4/c1-11(24)22-8-6-12(7-9-22)17(26)21-20-15-10-16(25)23(18(15)27)14-4-2-13(19)3-5-14/h2-5,12,15,20H,6-10H2,1H3,(H,21,26). The highest BCUT2D eigenvalue weighted by molar-refractivity contribution is 6.22. The van der Waals surface area contributed by atoms with Crippen LogP contribution in [-0.2, 0) is 19.2 Å². The van der Waals surface area contributed by atoms with Gasteiger partial charge in [0.25, 0.3) is 5.91 Å². The summed E-state index contributed by atoms with van der Waals surface area (Å²) in [7, 11) is 0. The number of carbonyl (C=O) groups is 4. The molecule has 1 aromatic carbocycles. The Hall–Kier alpha value is -2.81. The summed E-state index contributed by atoms with van der Waals surface area (Å²) in [6.45, 7) is 2.54. The predicted molar refractivity (Wildman–Crippen MR) is 93.6 cm³/mol. The molecule has 0 bridgehead atoms. The smallest absolute Gasteiger partial charge is 0.253 e. The molecule has 2 heterocycles. The molecule has 2 N–H and O–H groups in total. The van der Waals surface area contributed by atoms with Crippen molar-refractivity contribution in [2.45, 2.75) is 32.2 Å². The molecule has 8 nitrogen and oxygen atoms in total. The molecule has 1 aromatic rings. The minimum absolute atomic E-state index is 0.0112. The highest BCUT2D eigenvalue weighted by Crippen LogP contribution is 2.23. The van der Waals surface area contributed by atoms with E-state index in [1.165, 1.54) is 31.2 Å². The van der Waals surface area contributed by atoms with Gasteiger partial charge in [0, 0.05) is 25.9 Å². The lowest BCUT2D eigenvalue weighted by Gasteiger charge is -2.30. The van der Waals surface area contributed by atoms with Crippen LogP contribution in [0.4, 0.5) is 10.1 Å². The number of likely N-dealkylation sites (tertiary alicyclic amines) is 1. The molecule has 1 atom stereocenters. The second kappa shape index (κ2) is 7.83. The fraction of sp³-hybridized carbons (Fsp3) is 0.444. The first-order valence-electron chi connectivity index (χ1n) is 8.80. The molecule has 1 unspecified atom stereocenters. The summed E-state index contributed by atoms with van der Waals surface area (Å²) in [6, 6.07) is 4.19. The van der Waals surface area contributed by atoms with Gasteiger partial charge in [-0.25, -0.2) is 14.7 Å². The molecule has 144 valence electrons. The number of hydrogen-bond acceptors (Lipinski definition) is 5. The van der Waals surface area contributed by atoms with Crippen molar-refractivity contribution in [3.8, 4) is 0 Å². The van der Waals surface area contributed by atoms with Crippen molar-refractivity contribution in [3.05, 3.63) is 30.1 Å². The minimum atomic E-state index is -0.871. The molecular weight excluding hydrogens is 355 g/mol. The first-order chi connectivity index (χ1) is 12.9. The Balaban J connectivity index is 1.53. The average Bonchev–Trinajstić information content (AvgIpc) is 2.94. The summed E-state index contributed by atoms with van der Waals surface area (Å²) < 4.78 is 13.0. The lowest BCUT2D eigenvalue weighted by atomic mass is 9.96. The second-order valence-electron chi connectivity index (χ2n) is 6.71. The number of carbonyl (C=O) groups excluding carboxylic acids is 4. The van der Waals surface area contributed by atoms with Gasteiger partial charge in [0.15, 0.2) is 0 Å². The van der Waals surface area contributed by atoms with Gasteiger partial charge in [-0.2, -0.15) is 0 Å². The Morgan fingerprint density at radius 1 is 1.11 bits per heavy atom. The Morgan fingerprint density at radius 3 is 2.33 bits per heavy atom. The molecule has 9 heteroatoms. The van der Waals surface area contributed by atoms with Crippen molar-refractivity contribution >= 4 is 29.3 Å². The van der Waals surface area contributed by atoms with Gasteiger partial charge in [0.1, 0.15) is 11.9 Å². The third-order valence-corrected chi connectivity index (χ3v) is 4.91. The van der Waals surface area contributed by atoms with Crippen LogP contribution in [0, 0.1) is 11.7 Å². The fourth-order valence-corrected chi connectivity index (χ4v) is 3.32. The van der Waals surface area contributed by atoms with E-state index in [-0.39, 0.29) is 24.2 Å². The Labute approximate surface area is 155 Å². The van der Waals surface area contributed by atoms with Crippen LogP contribution in [-0.4, -0.2) is 47.7 Å². The molecule has 0 saturated carbocycles.